The van der Waals surface area contributed by atoms with Gasteiger partial charge < -0.3 is 0 Å². The summed E-state index contributed by atoms with van der Waals surface area (Å²) in [5, 5.41) is 0. The van der Waals surface area contributed by atoms with Gasteiger partial charge in [-0.2, -0.15) is 0 Å². The van der Waals surface area contributed by atoms with E-state index in [-0.39, 0.29) is 0 Å². The van der Waals surface area contributed by atoms with Gasteiger partial charge in [-0.25, -0.2) is 0 Å². The van der Waals surface area contributed by atoms with E-state index in [2.05, 4.69) is 69.1 Å². The Balaban J connectivity index is 1.84. The van der Waals surface area contributed by atoms with Crippen LogP contribution in [0.5, 0.6) is 0 Å². The zero-order valence-electron chi connectivity index (χ0n) is 10.1. The summed E-state index contributed by atoms with van der Waals surface area (Å²) in [5.41, 5.74) is 4.50. The lowest BCUT2D eigenvalue weighted by Crippen LogP contribution is -2.07. The van der Waals surface area contributed by atoms with Crippen LogP contribution in [-0.4, -0.2) is 0 Å². The van der Waals surface area contributed by atoms with E-state index in [1.807, 2.05) is 11.3 Å². The molecule has 18 heavy (non-hydrogen) atoms. The molecule has 0 radical (unpaired) electrons. The van der Waals surface area contributed by atoms with E-state index >= 15 is 0 Å². The first-order valence-electron chi connectivity index (χ1n) is 6.12. The molecule has 1 aromatic carbocycles. The summed E-state index contributed by atoms with van der Waals surface area (Å²) in [6, 6.07) is 11.1. The molecule has 0 amide bonds. The van der Waals surface area contributed by atoms with Crippen molar-refractivity contribution in [1.82, 2.24) is 0 Å². The summed E-state index contributed by atoms with van der Waals surface area (Å²) >= 11 is 9.33. The van der Waals surface area contributed by atoms with E-state index in [0.717, 1.165) is 0 Å². The van der Waals surface area contributed by atoms with Gasteiger partial charge in [-0.1, -0.05) is 40.2 Å². The maximum atomic E-state index is 3.92. The van der Waals surface area contributed by atoms with Gasteiger partial charge in [0.2, 0.25) is 0 Å². The Morgan fingerprint density at radius 1 is 1.22 bits per heavy atom. The van der Waals surface area contributed by atoms with Crippen molar-refractivity contribution in [2.45, 2.75) is 24.6 Å². The van der Waals surface area contributed by atoms with E-state index < -0.39 is 0 Å². The molecular weight excluding hydrogens is 372 g/mol. The summed E-state index contributed by atoms with van der Waals surface area (Å²) in [5.74, 6) is 0.683. The predicted octanol–water partition coefficient (Wildman–Crippen LogP) is 5.67. The number of fused-ring (bicyclic) bond motifs is 1. The summed E-state index contributed by atoms with van der Waals surface area (Å²) in [6.07, 6.45) is 2.39. The van der Waals surface area contributed by atoms with Crippen LogP contribution in [0, 0.1) is 12.8 Å². The number of hydrogen-bond acceptors (Lipinski definition) is 1. The van der Waals surface area contributed by atoms with Gasteiger partial charge in [0.15, 0.2) is 0 Å². The van der Waals surface area contributed by atoms with Crippen LogP contribution in [0.1, 0.15) is 26.4 Å². The Labute approximate surface area is 129 Å². The first kappa shape index (κ1) is 12.9. The van der Waals surface area contributed by atoms with Gasteiger partial charge in [-0.3, -0.25) is 0 Å². The molecule has 0 saturated carbocycles. The molecule has 1 unspecified atom stereocenters. The van der Waals surface area contributed by atoms with Gasteiger partial charge >= 0.3 is 0 Å². The third-order valence-electron chi connectivity index (χ3n) is 3.72. The van der Waals surface area contributed by atoms with Crippen molar-refractivity contribution in [2.75, 3.05) is 0 Å². The van der Waals surface area contributed by atoms with Crippen LogP contribution in [0.3, 0.4) is 0 Å². The number of thiophene rings is 1. The second-order valence-electron chi connectivity index (χ2n) is 4.90. The van der Waals surface area contributed by atoms with E-state index in [0.29, 0.717) is 10.7 Å². The molecule has 0 saturated heterocycles. The van der Waals surface area contributed by atoms with Crippen molar-refractivity contribution in [3.8, 4) is 0 Å². The molecule has 3 rings (SSSR count). The summed E-state index contributed by atoms with van der Waals surface area (Å²) in [7, 11) is 0. The van der Waals surface area contributed by atoms with Gasteiger partial charge in [0.1, 0.15) is 0 Å². The van der Waals surface area contributed by atoms with E-state index in [1.54, 1.807) is 0 Å². The molecule has 0 fully saturated rings. The highest BCUT2D eigenvalue weighted by Crippen LogP contribution is 2.43. The monoisotopic (exact) mass is 384 g/mol. The van der Waals surface area contributed by atoms with Gasteiger partial charge in [-0.15, -0.1) is 11.3 Å². The molecule has 94 valence electrons. The molecule has 0 nitrogen and oxygen atoms in total. The normalized spacial score (nSPS) is 16.8. The molecule has 2 aromatic rings. The SMILES string of the molecule is Cc1sc(Br)cc1C(Br)C1Cc2ccccc2C1. The molecule has 0 aliphatic heterocycles. The second-order valence-corrected chi connectivity index (χ2v) is 8.52. The van der Waals surface area contributed by atoms with Crippen LogP contribution in [-0.2, 0) is 12.8 Å². The average Bonchev–Trinajstić information content (AvgIpc) is 2.91. The number of aryl methyl sites for hydroxylation is 1. The molecule has 1 aliphatic rings. The van der Waals surface area contributed by atoms with Crippen LogP contribution in [0.25, 0.3) is 0 Å². The van der Waals surface area contributed by atoms with Gasteiger partial charge in [0.05, 0.1) is 3.79 Å². The highest BCUT2D eigenvalue weighted by molar-refractivity contribution is 9.11. The number of rotatable bonds is 2. The van der Waals surface area contributed by atoms with Crippen molar-refractivity contribution < 1.29 is 0 Å². The van der Waals surface area contributed by atoms with Crippen LogP contribution >= 0.6 is 43.2 Å². The molecule has 1 atom stereocenters. The summed E-state index contributed by atoms with van der Waals surface area (Å²) < 4.78 is 1.23. The van der Waals surface area contributed by atoms with Crippen LogP contribution in [0.4, 0.5) is 0 Å². The lowest BCUT2D eigenvalue weighted by molar-refractivity contribution is 0.554. The van der Waals surface area contributed by atoms with Crippen molar-refractivity contribution in [2.24, 2.45) is 5.92 Å². The smallest absolute Gasteiger partial charge is 0.0704 e. The second kappa shape index (κ2) is 5.10. The maximum Gasteiger partial charge on any atom is 0.0704 e. The van der Waals surface area contributed by atoms with E-state index in [9.17, 15) is 0 Å². The molecule has 1 aromatic heterocycles. The Hall–Kier alpha value is -0.120. The minimum Gasteiger partial charge on any atom is -0.133 e. The van der Waals surface area contributed by atoms with Crippen LogP contribution < -0.4 is 0 Å². The fraction of sp³-hybridized carbons (Fsp3) is 0.333. The molecule has 0 bridgehead atoms. The first-order valence-corrected chi connectivity index (χ1v) is 8.64. The van der Waals surface area contributed by atoms with Crippen LogP contribution in [0.15, 0.2) is 34.1 Å². The number of benzene rings is 1. The van der Waals surface area contributed by atoms with E-state index in [1.165, 1.54) is 38.2 Å². The lowest BCUT2D eigenvalue weighted by atomic mass is 9.97. The van der Waals surface area contributed by atoms with Crippen molar-refractivity contribution in [3.05, 3.63) is 55.7 Å². The molecular formula is C15H14Br2S. The highest BCUT2D eigenvalue weighted by Gasteiger charge is 2.29. The third kappa shape index (κ3) is 2.33. The first-order chi connectivity index (χ1) is 8.65. The highest BCUT2D eigenvalue weighted by atomic mass is 79.9. The minimum atomic E-state index is 0.465. The number of hydrogen-bond donors (Lipinski definition) is 0. The lowest BCUT2D eigenvalue weighted by Gasteiger charge is -2.17. The molecule has 1 aliphatic carbocycles. The number of alkyl halides is 1. The maximum absolute atomic E-state index is 3.92. The Kier molecular flexibility index (Phi) is 3.65. The zero-order chi connectivity index (χ0) is 12.7. The zero-order valence-corrected chi connectivity index (χ0v) is 14.1. The average molecular weight is 386 g/mol. The predicted molar refractivity (Wildman–Crippen MR) is 85.8 cm³/mol. The van der Waals surface area contributed by atoms with E-state index in [4.69, 9.17) is 0 Å². The summed E-state index contributed by atoms with van der Waals surface area (Å²) in [4.78, 5) is 1.88. The van der Waals surface area contributed by atoms with Crippen LogP contribution in [0.2, 0.25) is 0 Å². The third-order valence-corrected chi connectivity index (χ3v) is 6.53. The standard InChI is InChI=1S/C15H14Br2S/c1-9-13(8-14(16)18-9)15(17)12-6-10-4-2-3-5-11(10)7-12/h2-5,8,12,15H,6-7H2,1H3. The molecule has 1 heterocycles. The molecule has 0 spiro atoms. The van der Waals surface area contributed by atoms with Gasteiger partial charge in [0, 0.05) is 9.70 Å². The molecule has 0 N–H and O–H groups in total. The Bertz CT molecular complexity index is 549. The largest absolute Gasteiger partial charge is 0.133 e. The van der Waals surface area contributed by atoms with Gasteiger partial charge in [-0.05, 0) is 64.4 Å². The molecule has 3 heteroatoms. The topological polar surface area (TPSA) is 0 Å². The van der Waals surface area contributed by atoms with Gasteiger partial charge in [0.25, 0.3) is 0 Å². The Morgan fingerprint density at radius 3 is 2.33 bits per heavy atom. The van der Waals surface area contributed by atoms with Crippen molar-refractivity contribution in [1.29, 1.82) is 0 Å². The number of halogens is 2. The fourth-order valence-corrected chi connectivity index (χ4v) is 5.54. The van der Waals surface area contributed by atoms with Crippen molar-refractivity contribution in [3.63, 3.8) is 0 Å². The summed E-state index contributed by atoms with van der Waals surface area (Å²) in [6.45, 7) is 2.21. The van der Waals surface area contributed by atoms with Crippen molar-refractivity contribution >= 4 is 43.2 Å². The fourth-order valence-electron chi connectivity index (χ4n) is 2.79. The Morgan fingerprint density at radius 2 is 1.83 bits per heavy atom. The minimum absolute atomic E-state index is 0.465. The quantitative estimate of drug-likeness (QED) is 0.584.